The van der Waals surface area contributed by atoms with Gasteiger partial charge in [-0.15, -0.1) is 0 Å². The van der Waals surface area contributed by atoms with Crippen molar-refractivity contribution in [2.24, 2.45) is 12.2 Å². The number of hydrogen-bond acceptors (Lipinski definition) is 1. The number of rotatable bonds is 2. The van der Waals surface area contributed by atoms with E-state index in [0.29, 0.717) is 5.69 Å². The Morgan fingerprint density at radius 1 is 1.29 bits per heavy atom. The lowest BCUT2D eigenvalue weighted by Gasteiger charge is -2.05. The van der Waals surface area contributed by atoms with E-state index in [1.165, 1.54) is 0 Å². The lowest BCUT2D eigenvalue weighted by atomic mass is 10.0. The van der Waals surface area contributed by atoms with Crippen LogP contribution in [0.5, 0.6) is 0 Å². The molecule has 4 nitrogen and oxygen atoms in total. The maximum absolute atomic E-state index is 8.59. The third kappa shape index (κ3) is 2.44. The highest BCUT2D eigenvalue weighted by Crippen LogP contribution is 2.30. The molecule has 0 bridgehead atoms. The van der Waals surface area contributed by atoms with Crippen molar-refractivity contribution in [1.29, 1.82) is 0 Å². The van der Waals surface area contributed by atoms with Gasteiger partial charge in [0.05, 0.1) is 0 Å². The quantitative estimate of drug-likeness (QED) is 0.325. The van der Waals surface area contributed by atoms with E-state index in [0.717, 1.165) is 16.7 Å². The van der Waals surface area contributed by atoms with E-state index in [-0.39, 0.29) is 0 Å². The summed E-state index contributed by atoms with van der Waals surface area (Å²) >= 11 is 0. The van der Waals surface area contributed by atoms with Crippen molar-refractivity contribution >= 4 is 5.69 Å². The van der Waals surface area contributed by atoms with Gasteiger partial charge in [-0.25, -0.2) is 4.57 Å². The Balaban J connectivity index is 2.62. The summed E-state index contributed by atoms with van der Waals surface area (Å²) in [6.45, 7) is 1.98. The van der Waals surface area contributed by atoms with Crippen molar-refractivity contribution in [3.8, 4) is 11.1 Å². The van der Waals surface area contributed by atoms with Gasteiger partial charge in [-0.2, -0.15) is 0 Å². The Hall–Kier alpha value is -2.32. The van der Waals surface area contributed by atoms with E-state index in [4.69, 9.17) is 5.53 Å². The van der Waals surface area contributed by atoms with Crippen LogP contribution >= 0.6 is 0 Å². The molecule has 0 saturated carbocycles. The van der Waals surface area contributed by atoms with Crippen LogP contribution in [-0.2, 0) is 7.05 Å². The average molecular weight is 225 g/mol. The van der Waals surface area contributed by atoms with Gasteiger partial charge >= 0.3 is 0 Å². The summed E-state index contributed by atoms with van der Waals surface area (Å²) in [7, 11) is 1.96. The fourth-order valence-electron chi connectivity index (χ4n) is 1.76. The molecule has 0 radical (unpaired) electrons. The zero-order valence-corrected chi connectivity index (χ0v) is 9.83. The number of benzene rings is 1. The Bertz CT molecular complexity index is 598. The van der Waals surface area contributed by atoms with Crippen LogP contribution in [0, 0.1) is 6.92 Å². The molecule has 0 amide bonds. The molecule has 0 spiro atoms. The Labute approximate surface area is 99.8 Å². The first kappa shape index (κ1) is 11.2. The topological polar surface area (TPSA) is 52.6 Å². The lowest BCUT2D eigenvalue weighted by Crippen LogP contribution is -2.26. The van der Waals surface area contributed by atoms with Gasteiger partial charge in [0, 0.05) is 22.2 Å². The van der Waals surface area contributed by atoms with Crippen LogP contribution in [0.15, 0.2) is 47.8 Å². The fraction of sp³-hybridized carbons (Fsp3) is 0.154. The summed E-state index contributed by atoms with van der Waals surface area (Å²) < 4.78 is 1.97. The standard InChI is InChI=1S/C13H13N4/c1-10-5-6-12(13(8-10)15-16-14)11-4-3-7-17(2)9-11/h3-9H,1-2H3/q+1. The van der Waals surface area contributed by atoms with E-state index < -0.39 is 0 Å². The van der Waals surface area contributed by atoms with E-state index in [1.54, 1.807) is 0 Å². The molecule has 0 aliphatic carbocycles. The molecule has 0 fully saturated rings. The third-order valence-electron chi connectivity index (χ3n) is 2.56. The molecule has 0 N–H and O–H groups in total. The number of aryl methyl sites for hydroxylation is 2. The number of azide groups is 1. The molecule has 1 aromatic heterocycles. The van der Waals surface area contributed by atoms with Crippen LogP contribution in [0.3, 0.4) is 0 Å². The number of pyridine rings is 1. The van der Waals surface area contributed by atoms with Crippen LogP contribution < -0.4 is 4.57 Å². The summed E-state index contributed by atoms with van der Waals surface area (Å²) in [4.78, 5) is 2.87. The molecular weight excluding hydrogens is 212 g/mol. The maximum Gasteiger partial charge on any atom is 0.176 e. The lowest BCUT2D eigenvalue weighted by molar-refractivity contribution is -0.671. The average Bonchev–Trinajstić information content (AvgIpc) is 2.29. The summed E-state index contributed by atoms with van der Waals surface area (Å²) in [5.41, 5.74) is 12.3. The maximum atomic E-state index is 8.59. The molecule has 0 unspecified atom stereocenters. The van der Waals surface area contributed by atoms with Gasteiger partial charge in [-0.05, 0) is 30.2 Å². The first-order valence-corrected chi connectivity index (χ1v) is 5.32. The van der Waals surface area contributed by atoms with Crippen molar-refractivity contribution in [2.75, 3.05) is 0 Å². The minimum absolute atomic E-state index is 0.665. The summed E-state index contributed by atoms with van der Waals surface area (Å²) in [5, 5.41) is 3.74. The zero-order chi connectivity index (χ0) is 12.3. The van der Waals surface area contributed by atoms with Gasteiger partial charge in [0.2, 0.25) is 0 Å². The molecule has 2 rings (SSSR count). The molecule has 0 atom stereocenters. The van der Waals surface area contributed by atoms with Crippen LogP contribution in [-0.4, -0.2) is 0 Å². The molecular formula is C13H13N4+. The first-order chi connectivity index (χ1) is 8.20. The largest absolute Gasteiger partial charge is 0.207 e. The molecule has 1 aromatic carbocycles. The van der Waals surface area contributed by atoms with Crippen molar-refractivity contribution in [3.05, 3.63) is 58.7 Å². The zero-order valence-electron chi connectivity index (χ0n) is 9.83. The molecule has 1 heterocycles. The Morgan fingerprint density at radius 2 is 2.12 bits per heavy atom. The second-order valence-electron chi connectivity index (χ2n) is 3.97. The highest BCUT2D eigenvalue weighted by molar-refractivity contribution is 5.75. The van der Waals surface area contributed by atoms with Gasteiger partial charge in [0.1, 0.15) is 7.05 Å². The second kappa shape index (κ2) is 4.68. The van der Waals surface area contributed by atoms with Crippen LogP contribution in [0.1, 0.15) is 5.56 Å². The summed E-state index contributed by atoms with van der Waals surface area (Å²) in [5.74, 6) is 0. The van der Waals surface area contributed by atoms with Crippen molar-refractivity contribution in [2.45, 2.75) is 6.92 Å². The van der Waals surface area contributed by atoms with E-state index in [1.807, 2.05) is 61.3 Å². The normalized spacial score (nSPS) is 9.76. The van der Waals surface area contributed by atoms with Crippen molar-refractivity contribution in [1.82, 2.24) is 0 Å². The Kier molecular flexibility index (Phi) is 3.08. The molecule has 0 aliphatic heterocycles. The smallest absolute Gasteiger partial charge is 0.176 e. The summed E-state index contributed by atoms with van der Waals surface area (Å²) in [6.07, 6.45) is 3.96. The molecule has 17 heavy (non-hydrogen) atoms. The van der Waals surface area contributed by atoms with E-state index >= 15 is 0 Å². The van der Waals surface area contributed by atoms with Crippen LogP contribution in [0.2, 0.25) is 0 Å². The number of aromatic nitrogens is 1. The van der Waals surface area contributed by atoms with Crippen molar-refractivity contribution in [3.63, 3.8) is 0 Å². The fourth-order valence-corrected chi connectivity index (χ4v) is 1.76. The highest BCUT2D eigenvalue weighted by atomic mass is 15.1. The van der Waals surface area contributed by atoms with E-state index in [2.05, 4.69) is 10.0 Å². The highest BCUT2D eigenvalue weighted by Gasteiger charge is 2.06. The van der Waals surface area contributed by atoms with Gasteiger partial charge in [0.25, 0.3) is 0 Å². The first-order valence-electron chi connectivity index (χ1n) is 5.32. The SMILES string of the molecule is Cc1ccc(-c2ccc[n+](C)c2)c(N=[N+]=[N-])c1. The predicted octanol–water partition coefficient (Wildman–Crippen LogP) is 3.43. The molecule has 2 aromatic rings. The van der Waals surface area contributed by atoms with Crippen LogP contribution in [0.25, 0.3) is 21.6 Å². The van der Waals surface area contributed by atoms with Crippen molar-refractivity contribution < 1.29 is 4.57 Å². The summed E-state index contributed by atoms with van der Waals surface area (Å²) in [6, 6.07) is 9.85. The number of nitrogens with zero attached hydrogens (tertiary/aromatic N) is 4. The predicted molar refractivity (Wildman–Crippen MR) is 66.6 cm³/mol. The van der Waals surface area contributed by atoms with Gasteiger partial charge in [-0.1, -0.05) is 22.8 Å². The van der Waals surface area contributed by atoms with Gasteiger partial charge in [0.15, 0.2) is 12.4 Å². The minimum Gasteiger partial charge on any atom is -0.207 e. The molecule has 0 aliphatic rings. The second-order valence-corrected chi connectivity index (χ2v) is 3.97. The molecule has 84 valence electrons. The number of hydrogen-bond donors (Lipinski definition) is 0. The monoisotopic (exact) mass is 225 g/mol. The van der Waals surface area contributed by atoms with Crippen LogP contribution in [0.4, 0.5) is 5.69 Å². The Morgan fingerprint density at radius 3 is 2.82 bits per heavy atom. The molecule has 0 saturated heterocycles. The molecule has 4 heteroatoms. The minimum atomic E-state index is 0.665. The van der Waals surface area contributed by atoms with E-state index in [9.17, 15) is 0 Å². The van der Waals surface area contributed by atoms with Gasteiger partial charge in [-0.3, -0.25) is 0 Å². The third-order valence-corrected chi connectivity index (χ3v) is 2.56. The van der Waals surface area contributed by atoms with Gasteiger partial charge < -0.3 is 0 Å².